The first-order chi connectivity index (χ1) is 12.3. The van der Waals surface area contributed by atoms with Crippen LogP contribution >= 0.6 is 0 Å². The van der Waals surface area contributed by atoms with Gasteiger partial charge in [0.25, 0.3) is 5.91 Å². The predicted octanol–water partition coefficient (Wildman–Crippen LogP) is 0.210. The lowest BCUT2D eigenvalue weighted by atomic mass is 9.76. The molecule has 3 rings (SSSR count). The molecule has 2 aliphatic rings. The van der Waals surface area contributed by atoms with Crippen LogP contribution in [0.2, 0.25) is 0 Å². The SMILES string of the molecule is CC1(C)NC(=O)N(CC(=O)N[C@H](Cc2ccccn2)C2CC(O)C2)C1=O. The summed E-state index contributed by atoms with van der Waals surface area (Å²) in [5.41, 5.74) is -0.154. The second kappa shape index (κ2) is 7.03. The quantitative estimate of drug-likeness (QED) is 0.628. The number of aliphatic hydroxyl groups excluding tert-OH is 1. The Bertz CT molecular complexity index is 700. The van der Waals surface area contributed by atoms with E-state index in [1.165, 1.54) is 0 Å². The topological polar surface area (TPSA) is 112 Å². The molecule has 0 radical (unpaired) electrons. The molecule has 1 saturated carbocycles. The van der Waals surface area contributed by atoms with Crippen molar-refractivity contribution in [2.24, 2.45) is 5.92 Å². The molecule has 1 atom stereocenters. The van der Waals surface area contributed by atoms with Crippen molar-refractivity contribution >= 4 is 17.8 Å². The number of aromatic nitrogens is 1. The maximum Gasteiger partial charge on any atom is 0.325 e. The highest BCUT2D eigenvalue weighted by atomic mass is 16.3. The summed E-state index contributed by atoms with van der Waals surface area (Å²) < 4.78 is 0. The Labute approximate surface area is 152 Å². The highest BCUT2D eigenvalue weighted by Gasteiger charge is 2.45. The molecular formula is C18H24N4O4. The van der Waals surface area contributed by atoms with Gasteiger partial charge >= 0.3 is 6.03 Å². The molecule has 1 aromatic rings. The number of hydrogen-bond donors (Lipinski definition) is 3. The first-order valence-corrected chi connectivity index (χ1v) is 8.77. The van der Waals surface area contributed by atoms with Crippen molar-refractivity contribution in [2.75, 3.05) is 6.54 Å². The van der Waals surface area contributed by atoms with Gasteiger partial charge in [0.05, 0.1) is 6.10 Å². The molecule has 4 amide bonds. The van der Waals surface area contributed by atoms with E-state index < -0.39 is 23.4 Å². The summed E-state index contributed by atoms with van der Waals surface area (Å²) in [4.78, 5) is 41.8. The summed E-state index contributed by atoms with van der Waals surface area (Å²) in [7, 11) is 0. The van der Waals surface area contributed by atoms with Crippen LogP contribution in [0, 0.1) is 5.92 Å². The van der Waals surface area contributed by atoms with Gasteiger partial charge in [0.15, 0.2) is 0 Å². The number of amides is 4. The van der Waals surface area contributed by atoms with Gasteiger partial charge in [-0.25, -0.2) is 4.79 Å². The van der Waals surface area contributed by atoms with Gasteiger partial charge < -0.3 is 15.7 Å². The van der Waals surface area contributed by atoms with E-state index in [1.807, 2.05) is 18.2 Å². The standard InChI is InChI=1S/C18H24N4O4/c1-18(2)16(25)22(17(26)21-18)10-15(24)20-14(11-7-13(23)8-11)9-12-5-3-4-6-19-12/h3-6,11,13-14,23H,7-10H2,1-2H3,(H,20,24)(H,21,26)/t11?,13?,14-/m1/s1. The summed E-state index contributed by atoms with van der Waals surface area (Å²) in [6.45, 7) is 2.89. The third-order valence-corrected chi connectivity index (χ3v) is 4.97. The van der Waals surface area contributed by atoms with Crippen LogP contribution in [0.25, 0.3) is 0 Å². The van der Waals surface area contributed by atoms with Gasteiger partial charge in [-0.15, -0.1) is 0 Å². The fourth-order valence-electron chi connectivity index (χ4n) is 3.40. The smallest absolute Gasteiger partial charge is 0.325 e. The molecule has 8 nitrogen and oxygen atoms in total. The first-order valence-electron chi connectivity index (χ1n) is 8.77. The molecule has 0 spiro atoms. The van der Waals surface area contributed by atoms with Crippen LogP contribution in [0.15, 0.2) is 24.4 Å². The average molecular weight is 360 g/mol. The number of rotatable bonds is 6. The summed E-state index contributed by atoms with van der Waals surface area (Å²) in [6.07, 6.45) is 3.13. The average Bonchev–Trinajstić information content (AvgIpc) is 2.74. The van der Waals surface area contributed by atoms with E-state index in [1.54, 1.807) is 20.0 Å². The number of carbonyl (C=O) groups excluding carboxylic acids is 3. The Morgan fingerprint density at radius 3 is 2.69 bits per heavy atom. The van der Waals surface area contributed by atoms with Crippen molar-refractivity contribution in [3.8, 4) is 0 Å². The lowest BCUT2D eigenvalue weighted by Gasteiger charge is -2.38. The van der Waals surface area contributed by atoms with Crippen LogP contribution in [0.5, 0.6) is 0 Å². The Balaban J connectivity index is 1.64. The van der Waals surface area contributed by atoms with Gasteiger partial charge in [0.2, 0.25) is 5.91 Å². The molecule has 2 fully saturated rings. The van der Waals surface area contributed by atoms with Gasteiger partial charge in [-0.3, -0.25) is 19.5 Å². The van der Waals surface area contributed by atoms with Crippen molar-refractivity contribution in [1.29, 1.82) is 0 Å². The molecule has 1 aliphatic carbocycles. The number of aliphatic hydroxyl groups is 1. The van der Waals surface area contributed by atoms with Crippen LogP contribution in [0.1, 0.15) is 32.4 Å². The Kier molecular flexibility index (Phi) is 4.95. The summed E-state index contributed by atoms with van der Waals surface area (Å²) >= 11 is 0. The maximum atomic E-state index is 12.5. The molecule has 3 N–H and O–H groups in total. The number of pyridine rings is 1. The van der Waals surface area contributed by atoms with E-state index in [0.717, 1.165) is 10.6 Å². The summed E-state index contributed by atoms with van der Waals surface area (Å²) in [5, 5.41) is 15.1. The van der Waals surface area contributed by atoms with Crippen LogP contribution in [-0.2, 0) is 16.0 Å². The Hall–Kier alpha value is -2.48. The van der Waals surface area contributed by atoms with Gasteiger partial charge in [-0.05, 0) is 44.7 Å². The van der Waals surface area contributed by atoms with E-state index in [9.17, 15) is 19.5 Å². The Morgan fingerprint density at radius 2 is 2.15 bits per heavy atom. The molecular weight excluding hydrogens is 336 g/mol. The van der Waals surface area contributed by atoms with Gasteiger partial charge in [-0.2, -0.15) is 0 Å². The minimum absolute atomic E-state index is 0.149. The number of imide groups is 1. The minimum Gasteiger partial charge on any atom is -0.393 e. The van der Waals surface area contributed by atoms with Crippen molar-refractivity contribution in [3.05, 3.63) is 30.1 Å². The summed E-state index contributed by atoms with van der Waals surface area (Å²) in [6, 6.07) is 4.83. The second-order valence-electron chi connectivity index (χ2n) is 7.53. The number of nitrogens with one attached hydrogen (secondary N) is 2. The van der Waals surface area contributed by atoms with Crippen molar-refractivity contribution in [2.45, 2.75) is 50.8 Å². The van der Waals surface area contributed by atoms with E-state index >= 15 is 0 Å². The molecule has 1 saturated heterocycles. The zero-order chi connectivity index (χ0) is 18.9. The van der Waals surface area contributed by atoms with Crippen LogP contribution in [0.3, 0.4) is 0 Å². The number of urea groups is 1. The largest absolute Gasteiger partial charge is 0.393 e. The van der Waals surface area contributed by atoms with Crippen molar-refractivity contribution < 1.29 is 19.5 Å². The number of hydrogen-bond acceptors (Lipinski definition) is 5. The molecule has 1 aromatic heterocycles. The van der Waals surface area contributed by atoms with E-state index in [2.05, 4.69) is 15.6 Å². The third kappa shape index (κ3) is 3.85. The Morgan fingerprint density at radius 1 is 1.42 bits per heavy atom. The zero-order valence-corrected chi connectivity index (χ0v) is 14.9. The highest BCUT2D eigenvalue weighted by Crippen LogP contribution is 2.31. The zero-order valence-electron chi connectivity index (χ0n) is 14.9. The van der Waals surface area contributed by atoms with Crippen LogP contribution < -0.4 is 10.6 Å². The molecule has 140 valence electrons. The molecule has 0 bridgehead atoms. The fraction of sp³-hybridized carbons (Fsp3) is 0.556. The monoisotopic (exact) mass is 360 g/mol. The minimum atomic E-state index is -0.997. The molecule has 26 heavy (non-hydrogen) atoms. The van der Waals surface area contributed by atoms with Crippen molar-refractivity contribution in [3.63, 3.8) is 0 Å². The van der Waals surface area contributed by atoms with E-state index in [-0.39, 0.29) is 24.6 Å². The lowest BCUT2D eigenvalue weighted by molar-refractivity contribution is -0.134. The van der Waals surface area contributed by atoms with Gasteiger partial charge in [0, 0.05) is 24.4 Å². The van der Waals surface area contributed by atoms with E-state index in [4.69, 9.17) is 0 Å². The molecule has 0 unspecified atom stereocenters. The number of nitrogens with zero attached hydrogens (tertiary/aromatic N) is 2. The third-order valence-electron chi connectivity index (χ3n) is 4.97. The van der Waals surface area contributed by atoms with Crippen molar-refractivity contribution in [1.82, 2.24) is 20.5 Å². The molecule has 0 aromatic carbocycles. The van der Waals surface area contributed by atoms with Crippen LogP contribution in [-0.4, -0.2) is 57.1 Å². The van der Waals surface area contributed by atoms with E-state index in [0.29, 0.717) is 19.3 Å². The molecule has 8 heteroatoms. The lowest BCUT2D eigenvalue weighted by Crippen LogP contribution is -2.51. The summed E-state index contributed by atoms with van der Waals surface area (Å²) in [5.74, 6) is -0.665. The second-order valence-corrected chi connectivity index (χ2v) is 7.53. The maximum absolute atomic E-state index is 12.5. The van der Waals surface area contributed by atoms with Gasteiger partial charge in [-0.1, -0.05) is 6.07 Å². The predicted molar refractivity (Wildman–Crippen MR) is 92.9 cm³/mol. The fourth-order valence-corrected chi connectivity index (χ4v) is 3.40. The molecule has 2 heterocycles. The highest BCUT2D eigenvalue weighted by molar-refractivity contribution is 6.08. The van der Waals surface area contributed by atoms with Gasteiger partial charge in [0.1, 0.15) is 12.1 Å². The molecule has 1 aliphatic heterocycles. The first kappa shape index (κ1) is 18.3. The van der Waals surface area contributed by atoms with Crippen LogP contribution in [0.4, 0.5) is 4.79 Å². The number of carbonyl (C=O) groups is 3. The normalized spacial score (nSPS) is 25.4.